The van der Waals surface area contributed by atoms with Gasteiger partial charge in [0.1, 0.15) is 0 Å². The highest BCUT2D eigenvalue weighted by molar-refractivity contribution is 7.18. The molecule has 28 heavy (non-hydrogen) atoms. The number of rotatable bonds is 9. The molecule has 1 aromatic carbocycles. The Labute approximate surface area is 170 Å². The van der Waals surface area contributed by atoms with E-state index in [0.29, 0.717) is 19.6 Å². The average Bonchev–Trinajstić information content (AvgIpc) is 3.12. The standard InChI is InChI=1S/C21H27N5OS/c1-25(2)13-14-26(16-17-7-5-11-22-15-17)21(27)23-12-6-10-20-24-18-8-3-4-9-19(18)28-20/h3-5,7-9,11,15H,6,10,12-14,16H2,1-2H3,(H,23,27). The maximum Gasteiger partial charge on any atom is 0.317 e. The van der Waals surface area contributed by atoms with E-state index in [0.717, 1.165) is 35.5 Å². The summed E-state index contributed by atoms with van der Waals surface area (Å²) in [6.07, 6.45) is 5.30. The zero-order valence-corrected chi connectivity index (χ0v) is 17.3. The van der Waals surface area contributed by atoms with E-state index >= 15 is 0 Å². The molecule has 2 aromatic heterocycles. The molecule has 148 valence electrons. The van der Waals surface area contributed by atoms with Crippen molar-refractivity contribution in [2.45, 2.75) is 19.4 Å². The summed E-state index contributed by atoms with van der Waals surface area (Å²) >= 11 is 1.73. The molecule has 0 aliphatic heterocycles. The summed E-state index contributed by atoms with van der Waals surface area (Å²) < 4.78 is 1.22. The first-order valence-corrected chi connectivity index (χ1v) is 10.3. The number of carbonyl (C=O) groups is 1. The van der Waals surface area contributed by atoms with Crippen LogP contribution in [0.3, 0.4) is 0 Å². The number of benzene rings is 1. The van der Waals surface area contributed by atoms with Crippen LogP contribution in [0.4, 0.5) is 4.79 Å². The number of amides is 2. The number of aryl methyl sites for hydroxylation is 1. The highest BCUT2D eigenvalue weighted by Gasteiger charge is 2.14. The number of para-hydroxylation sites is 1. The molecule has 0 radical (unpaired) electrons. The van der Waals surface area contributed by atoms with Crippen molar-refractivity contribution in [3.05, 3.63) is 59.4 Å². The number of nitrogens with one attached hydrogen (secondary N) is 1. The summed E-state index contributed by atoms with van der Waals surface area (Å²) in [4.78, 5) is 25.4. The molecular weight excluding hydrogens is 370 g/mol. The second kappa shape index (κ2) is 10.1. The lowest BCUT2D eigenvalue weighted by atomic mass is 10.2. The summed E-state index contributed by atoms with van der Waals surface area (Å²) in [7, 11) is 4.02. The van der Waals surface area contributed by atoms with Crippen LogP contribution in [0.1, 0.15) is 17.0 Å². The van der Waals surface area contributed by atoms with Gasteiger partial charge in [-0.25, -0.2) is 9.78 Å². The third-order valence-corrected chi connectivity index (χ3v) is 5.48. The minimum Gasteiger partial charge on any atom is -0.338 e. The Morgan fingerprint density at radius 1 is 1.14 bits per heavy atom. The van der Waals surface area contributed by atoms with Gasteiger partial charge in [-0.3, -0.25) is 4.98 Å². The number of aromatic nitrogens is 2. The van der Waals surface area contributed by atoms with E-state index in [1.807, 2.05) is 55.5 Å². The van der Waals surface area contributed by atoms with E-state index in [4.69, 9.17) is 0 Å². The van der Waals surface area contributed by atoms with Crippen molar-refractivity contribution in [1.29, 1.82) is 0 Å². The van der Waals surface area contributed by atoms with Crippen molar-refractivity contribution in [1.82, 2.24) is 25.1 Å². The fourth-order valence-corrected chi connectivity index (χ4v) is 3.87. The smallest absolute Gasteiger partial charge is 0.317 e. The fourth-order valence-electron chi connectivity index (χ4n) is 2.86. The van der Waals surface area contributed by atoms with Gasteiger partial charge in [-0.15, -0.1) is 11.3 Å². The van der Waals surface area contributed by atoms with Crippen LogP contribution in [0.5, 0.6) is 0 Å². The van der Waals surface area contributed by atoms with Crippen molar-refractivity contribution < 1.29 is 4.79 Å². The molecule has 2 heterocycles. The quantitative estimate of drug-likeness (QED) is 0.562. The third-order valence-electron chi connectivity index (χ3n) is 4.38. The topological polar surface area (TPSA) is 61.4 Å². The zero-order chi connectivity index (χ0) is 19.8. The maximum absolute atomic E-state index is 12.7. The first-order chi connectivity index (χ1) is 13.6. The molecule has 0 saturated heterocycles. The molecular formula is C21H27N5OS. The van der Waals surface area contributed by atoms with Crippen LogP contribution >= 0.6 is 11.3 Å². The van der Waals surface area contributed by atoms with Gasteiger partial charge in [0.15, 0.2) is 0 Å². The lowest BCUT2D eigenvalue weighted by molar-refractivity contribution is 0.188. The molecule has 6 nitrogen and oxygen atoms in total. The van der Waals surface area contributed by atoms with E-state index in [-0.39, 0.29) is 6.03 Å². The van der Waals surface area contributed by atoms with Crippen LogP contribution in [0, 0.1) is 0 Å². The highest BCUT2D eigenvalue weighted by Crippen LogP contribution is 2.22. The van der Waals surface area contributed by atoms with E-state index in [1.165, 1.54) is 4.70 Å². The number of likely N-dealkylation sites (N-methyl/N-ethyl adjacent to an activating group) is 1. The summed E-state index contributed by atoms with van der Waals surface area (Å²) in [6.45, 7) is 2.69. The van der Waals surface area contributed by atoms with Crippen molar-refractivity contribution in [3.8, 4) is 0 Å². The van der Waals surface area contributed by atoms with Crippen LogP contribution in [0.2, 0.25) is 0 Å². The number of hydrogen-bond donors (Lipinski definition) is 1. The van der Waals surface area contributed by atoms with Gasteiger partial charge >= 0.3 is 6.03 Å². The zero-order valence-electron chi connectivity index (χ0n) is 16.5. The molecule has 0 saturated carbocycles. The number of urea groups is 1. The SMILES string of the molecule is CN(C)CCN(Cc1cccnc1)C(=O)NCCCc1nc2ccccc2s1. The molecule has 0 bridgehead atoms. The Kier molecular flexibility index (Phi) is 7.33. The Bertz CT molecular complexity index is 848. The molecule has 0 aliphatic rings. The predicted molar refractivity (Wildman–Crippen MR) is 115 cm³/mol. The Balaban J connectivity index is 1.49. The first-order valence-electron chi connectivity index (χ1n) is 9.52. The van der Waals surface area contributed by atoms with Gasteiger partial charge in [-0.2, -0.15) is 0 Å². The molecule has 1 N–H and O–H groups in total. The average molecular weight is 398 g/mol. The van der Waals surface area contributed by atoms with Crippen molar-refractivity contribution in [2.75, 3.05) is 33.7 Å². The van der Waals surface area contributed by atoms with Crippen LogP contribution in [-0.4, -0.2) is 59.5 Å². The lowest BCUT2D eigenvalue weighted by Gasteiger charge is -2.24. The highest BCUT2D eigenvalue weighted by atomic mass is 32.1. The van der Waals surface area contributed by atoms with Crippen molar-refractivity contribution in [2.24, 2.45) is 0 Å². The number of nitrogens with zero attached hydrogens (tertiary/aromatic N) is 4. The summed E-state index contributed by atoms with van der Waals surface area (Å²) in [5.74, 6) is 0. The molecule has 0 spiro atoms. The Hall–Kier alpha value is -2.51. The summed E-state index contributed by atoms with van der Waals surface area (Å²) in [5, 5.41) is 4.18. The molecule has 0 aliphatic carbocycles. The van der Waals surface area contributed by atoms with Crippen molar-refractivity contribution >= 4 is 27.6 Å². The minimum atomic E-state index is -0.0324. The van der Waals surface area contributed by atoms with E-state index in [1.54, 1.807) is 17.5 Å². The minimum absolute atomic E-state index is 0.0324. The van der Waals surface area contributed by atoms with Gasteiger partial charge in [0.2, 0.25) is 0 Å². The molecule has 0 atom stereocenters. The molecule has 0 fully saturated rings. The monoisotopic (exact) mass is 397 g/mol. The van der Waals surface area contributed by atoms with E-state index < -0.39 is 0 Å². The number of thiazole rings is 1. The van der Waals surface area contributed by atoms with Gasteiger partial charge in [0.25, 0.3) is 0 Å². The van der Waals surface area contributed by atoms with Crippen LogP contribution < -0.4 is 5.32 Å². The third kappa shape index (κ3) is 6.00. The number of pyridine rings is 1. The summed E-state index contributed by atoms with van der Waals surface area (Å²) in [5.41, 5.74) is 2.09. The predicted octanol–water partition coefficient (Wildman–Crippen LogP) is 3.40. The fraction of sp³-hybridized carbons (Fsp3) is 0.381. The first kappa shape index (κ1) is 20.2. The van der Waals surface area contributed by atoms with Gasteiger partial charge in [0.05, 0.1) is 15.2 Å². The molecule has 7 heteroatoms. The lowest BCUT2D eigenvalue weighted by Crippen LogP contribution is -2.43. The van der Waals surface area contributed by atoms with Gasteiger partial charge in [-0.05, 0) is 44.3 Å². The van der Waals surface area contributed by atoms with Gasteiger partial charge in [0, 0.05) is 45.0 Å². The molecule has 3 aromatic rings. The largest absolute Gasteiger partial charge is 0.338 e. The van der Waals surface area contributed by atoms with Gasteiger partial charge in [-0.1, -0.05) is 18.2 Å². The van der Waals surface area contributed by atoms with Crippen LogP contribution in [-0.2, 0) is 13.0 Å². The molecule has 2 amide bonds. The number of hydrogen-bond acceptors (Lipinski definition) is 5. The van der Waals surface area contributed by atoms with E-state index in [9.17, 15) is 4.79 Å². The van der Waals surface area contributed by atoms with E-state index in [2.05, 4.69) is 26.3 Å². The second-order valence-electron chi connectivity index (χ2n) is 7.00. The molecule has 0 unspecified atom stereocenters. The van der Waals surface area contributed by atoms with Crippen molar-refractivity contribution in [3.63, 3.8) is 0 Å². The van der Waals surface area contributed by atoms with Crippen LogP contribution in [0.15, 0.2) is 48.8 Å². The maximum atomic E-state index is 12.7. The number of carbonyl (C=O) groups excluding carboxylic acids is 1. The second-order valence-corrected chi connectivity index (χ2v) is 8.11. The Morgan fingerprint density at radius 3 is 2.75 bits per heavy atom. The van der Waals surface area contributed by atoms with Gasteiger partial charge < -0.3 is 15.1 Å². The normalized spacial score (nSPS) is 11.1. The van der Waals surface area contributed by atoms with Crippen LogP contribution in [0.25, 0.3) is 10.2 Å². The number of fused-ring (bicyclic) bond motifs is 1. The summed E-state index contributed by atoms with van der Waals surface area (Å²) in [6, 6.07) is 12.0. The Morgan fingerprint density at radius 2 is 2.00 bits per heavy atom. The molecule has 3 rings (SSSR count).